The minimum atomic E-state index is -0.0495. The maximum atomic E-state index is 11.7. The first-order valence-corrected chi connectivity index (χ1v) is 6.45. The predicted octanol–water partition coefficient (Wildman–Crippen LogP) is 1.79. The molecule has 1 aliphatic heterocycles. The number of rotatable bonds is 4. The van der Waals surface area contributed by atoms with Gasteiger partial charge in [0.25, 0.3) is 0 Å². The van der Waals surface area contributed by atoms with Crippen LogP contribution in [0.3, 0.4) is 0 Å². The molecular weight excluding hydrogens is 200 g/mol. The van der Waals surface area contributed by atoms with Crippen LogP contribution in [-0.2, 0) is 4.79 Å². The smallest absolute Gasteiger partial charge is 0.224 e. The molecule has 3 fully saturated rings. The number of likely N-dealkylation sites (tertiary alicyclic amines) is 1. The predicted molar refractivity (Wildman–Crippen MR) is 59.2 cm³/mol. The molecule has 3 heteroatoms. The third-order valence-electron chi connectivity index (χ3n) is 4.28. The summed E-state index contributed by atoms with van der Waals surface area (Å²) in [5.74, 6) is 2.69. The highest BCUT2D eigenvalue weighted by Crippen LogP contribution is 2.49. The van der Waals surface area contributed by atoms with Crippen LogP contribution in [-0.4, -0.2) is 23.9 Å². The molecular formula is C13H18N2O. The number of nitrogens with zero attached hydrogens (tertiary/aromatic N) is 2. The van der Waals surface area contributed by atoms with Crippen LogP contribution < -0.4 is 0 Å². The Labute approximate surface area is 96.4 Å². The lowest BCUT2D eigenvalue weighted by molar-refractivity contribution is -0.128. The topological polar surface area (TPSA) is 44.1 Å². The van der Waals surface area contributed by atoms with E-state index < -0.39 is 0 Å². The zero-order valence-corrected chi connectivity index (χ0v) is 9.56. The SMILES string of the molecule is N#CC1CC(=O)N(CC(C2CC2)C2CC2)C1. The molecule has 0 radical (unpaired) electrons. The summed E-state index contributed by atoms with van der Waals surface area (Å²) in [6, 6.07) is 2.22. The summed E-state index contributed by atoms with van der Waals surface area (Å²) >= 11 is 0. The van der Waals surface area contributed by atoms with Crippen molar-refractivity contribution in [3.05, 3.63) is 0 Å². The van der Waals surface area contributed by atoms with Gasteiger partial charge < -0.3 is 4.90 Å². The molecule has 2 aliphatic carbocycles. The first-order valence-electron chi connectivity index (χ1n) is 6.45. The van der Waals surface area contributed by atoms with Gasteiger partial charge in [-0.1, -0.05) is 0 Å². The molecule has 3 nitrogen and oxygen atoms in total. The summed E-state index contributed by atoms with van der Waals surface area (Å²) in [5, 5.41) is 8.85. The normalized spacial score (nSPS) is 29.9. The van der Waals surface area contributed by atoms with E-state index in [0.717, 1.165) is 24.3 Å². The van der Waals surface area contributed by atoms with Crippen LogP contribution >= 0.6 is 0 Å². The van der Waals surface area contributed by atoms with Crippen molar-refractivity contribution in [1.29, 1.82) is 5.26 Å². The van der Waals surface area contributed by atoms with Crippen LogP contribution in [0.4, 0.5) is 0 Å². The van der Waals surface area contributed by atoms with Crippen LogP contribution in [0.1, 0.15) is 32.1 Å². The maximum absolute atomic E-state index is 11.7. The van der Waals surface area contributed by atoms with Crippen molar-refractivity contribution >= 4 is 5.91 Å². The molecule has 2 saturated carbocycles. The van der Waals surface area contributed by atoms with Crippen molar-refractivity contribution in [1.82, 2.24) is 4.90 Å². The number of nitriles is 1. The fraction of sp³-hybridized carbons (Fsp3) is 0.846. The molecule has 3 rings (SSSR count). The third-order valence-corrected chi connectivity index (χ3v) is 4.28. The van der Waals surface area contributed by atoms with Gasteiger partial charge in [0, 0.05) is 19.5 Å². The van der Waals surface area contributed by atoms with Crippen molar-refractivity contribution < 1.29 is 4.79 Å². The summed E-state index contributed by atoms with van der Waals surface area (Å²) < 4.78 is 0. The molecule has 0 N–H and O–H groups in total. The Hall–Kier alpha value is -1.04. The second-order valence-electron chi connectivity index (χ2n) is 5.67. The summed E-state index contributed by atoms with van der Waals surface area (Å²) in [7, 11) is 0. The summed E-state index contributed by atoms with van der Waals surface area (Å²) in [4.78, 5) is 13.7. The molecule has 0 aromatic carbocycles. The van der Waals surface area contributed by atoms with E-state index in [1.54, 1.807) is 0 Å². The van der Waals surface area contributed by atoms with E-state index in [4.69, 9.17) is 5.26 Å². The summed E-state index contributed by atoms with van der Waals surface area (Å²) in [6.07, 6.45) is 5.92. The average Bonchev–Trinajstić information content (AvgIpc) is 3.14. The molecule has 1 heterocycles. The number of hydrogen-bond acceptors (Lipinski definition) is 2. The minimum absolute atomic E-state index is 0.0495. The summed E-state index contributed by atoms with van der Waals surface area (Å²) in [5.41, 5.74) is 0. The number of carbonyl (C=O) groups excluding carboxylic acids is 1. The van der Waals surface area contributed by atoms with Crippen LogP contribution in [0.2, 0.25) is 0 Å². The first kappa shape index (κ1) is 10.1. The quantitative estimate of drug-likeness (QED) is 0.722. The van der Waals surface area contributed by atoms with Gasteiger partial charge in [0.15, 0.2) is 0 Å². The van der Waals surface area contributed by atoms with Crippen molar-refractivity contribution in [3.8, 4) is 6.07 Å². The van der Waals surface area contributed by atoms with E-state index in [9.17, 15) is 4.79 Å². The largest absolute Gasteiger partial charge is 0.341 e. The molecule has 0 spiro atoms. The number of amides is 1. The lowest BCUT2D eigenvalue weighted by Gasteiger charge is -2.23. The minimum Gasteiger partial charge on any atom is -0.341 e. The molecule has 3 aliphatic rings. The standard InChI is InChI=1S/C13H18N2O/c14-6-9-5-13(16)15(7-9)8-12(10-1-2-10)11-3-4-11/h9-12H,1-5,7-8H2. The lowest BCUT2D eigenvalue weighted by Crippen LogP contribution is -2.32. The van der Waals surface area contributed by atoms with E-state index in [-0.39, 0.29) is 11.8 Å². The van der Waals surface area contributed by atoms with E-state index in [1.807, 2.05) is 4.90 Å². The van der Waals surface area contributed by atoms with Crippen LogP contribution in [0.25, 0.3) is 0 Å². The Morgan fingerprint density at radius 1 is 1.31 bits per heavy atom. The van der Waals surface area contributed by atoms with Gasteiger partial charge in [-0.2, -0.15) is 5.26 Å². The zero-order valence-electron chi connectivity index (χ0n) is 9.56. The molecule has 1 unspecified atom stereocenters. The van der Waals surface area contributed by atoms with E-state index in [0.29, 0.717) is 13.0 Å². The number of carbonyl (C=O) groups is 1. The molecule has 0 aromatic rings. The van der Waals surface area contributed by atoms with Crippen molar-refractivity contribution in [3.63, 3.8) is 0 Å². The van der Waals surface area contributed by atoms with Gasteiger partial charge in [0.2, 0.25) is 5.91 Å². The zero-order chi connectivity index (χ0) is 11.1. The Bertz CT molecular complexity index is 326. The number of hydrogen-bond donors (Lipinski definition) is 0. The highest BCUT2D eigenvalue weighted by atomic mass is 16.2. The molecule has 1 atom stereocenters. The highest BCUT2D eigenvalue weighted by Gasteiger charge is 2.43. The van der Waals surface area contributed by atoms with Crippen LogP contribution in [0.15, 0.2) is 0 Å². The Balaban J connectivity index is 1.60. The van der Waals surface area contributed by atoms with E-state index in [2.05, 4.69) is 6.07 Å². The van der Waals surface area contributed by atoms with Gasteiger partial charge in [-0.3, -0.25) is 4.79 Å². The van der Waals surface area contributed by atoms with Gasteiger partial charge in [0.05, 0.1) is 12.0 Å². The molecule has 0 aromatic heterocycles. The monoisotopic (exact) mass is 218 g/mol. The van der Waals surface area contributed by atoms with Gasteiger partial charge in [-0.25, -0.2) is 0 Å². The lowest BCUT2D eigenvalue weighted by atomic mass is 9.97. The second kappa shape index (κ2) is 3.76. The van der Waals surface area contributed by atoms with Crippen molar-refractivity contribution in [2.45, 2.75) is 32.1 Å². The summed E-state index contributed by atoms with van der Waals surface area (Å²) in [6.45, 7) is 1.62. The fourth-order valence-corrected chi connectivity index (χ4v) is 3.02. The second-order valence-corrected chi connectivity index (χ2v) is 5.67. The first-order chi connectivity index (χ1) is 7.78. The highest BCUT2D eigenvalue weighted by molar-refractivity contribution is 5.79. The molecule has 0 bridgehead atoms. The van der Waals surface area contributed by atoms with Crippen LogP contribution in [0.5, 0.6) is 0 Å². The van der Waals surface area contributed by atoms with Crippen LogP contribution in [0, 0.1) is 35.0 Å². The fourth-order valence-electron chi connectivity index (χ4n) is 3.02. The molecule has 1 saturated heterocycles. The molecule has 16 heavy (non-hydrogen) atoms. The van der Waals surface area contributed by atoms with E-state index >= 15 is 0 Å². The van der Waals surface area contributed by atoms with Gasteiger partial charge in [-0.15, -0.1) is 0 Å². The van der Waals surface area contributed by atoms with Crippen molar-refractivity contribution in [2.24, 2.45) is 23.7 Å². The Morgan fingerprint density at radius 2 is 1.94 bits per heavy atom. The van der Waals surface area contributed by atoms with Gasteiger partial charge >= 0.3 is 0 Å². The molecule has 1 amide bonds. The molecule has 86 valence electrons. The van der Waals surface area contributed by atoms with Gasteiger partial charge in [0.1, 0.15) is 0 Å². The Kier molecular flexibility index (Phi) is 2.38. The van der Waals surface area contributed by atoms with E-state index in [1.165, 1.54) is 25.7 Å². The average molecular weight is 218 g/mol. The maximum Gasteiger partial charge on any atom is 0.224 e. The Morgan fingerprint density at radius 3 is 2.38 bits per heavy atom. The third kappa shape index (κ3) is 1.93. The van der Waals surface area contributed by atoms with Gasteiger partial charge in [-0.05, 0) is 43.4 Å². The van der Waals surface area contributed by atoms with Crippen molar-refractivity contribution in [2.75, 3.05) is 13.1 Å².